The number of hydrogen-bond acceptors (Lipinski definition) is 2. The first-order valence-electron chi connectivity index (χ1n) is 7.74. The van der Waals surface area contributed by atoms with Crippen molar-refractivity contribution in [2.24, 2.45) is 17.3 Å². The van der Waals surface area contributed by atoms with Crippen LogP contribution in [-0.4, -0.2) is 36.8 Å². The average Bonchev–Trinajstić information content (AvgIpc) is 2.34. The van der Waals surface area contributed by atoms with Crippen LogP contribution in [-0.2, 0) is 6.42 Å². The van der Waals surface area contributed by atoms with Crippen LogP contribution in [0.4, 0.5) is 0 Å². The quantitative estimate of drug-likeness (QED) is 0.912. The number of hydrogen-bond donors (Lipinski definition) is 1. The van der Waals surface area contributed by atoms with Gasteiger partial charge in [0, 0.05) is 12.5 Å². The summed E-state index contributed by atoms with van der Waals surface area (Å²) in [5.74, 6) is 0.955. The molecule has 112 valence electrons. The minimum absolute atomic E-state index is 0.171. The van der Waals surface area contributed by atoms with E-state index in [4.69, 9.17) is 0 Å². The molecule has 3 unspecified atom stereocenters. The van der Waals surface area contributed by atoms with Crippen LogP contribution in [0.15, 0.2) is 30.3 Å². The Hall–Kier alpha value is -0.860. The Morgan fingerprint density at radius 3 is 2.40 bits per heavy atom. The fraction of sp³-hybridized carbons (Fsp3) is 0.667. The van der Waals surface area contributed by atoms with Crippen LogP contribution in [0.1, 0.15) is 32.3 Å². The fourth-order valence-electron chi connectivity index (χ4n) is 3.81. The Morgan fingerprint density at radius 2 is 1.80 bits per heavy atom. The van der Waals surface area contributed by atoms with Gasteiger partial charge < -0.3 is 10.0 Å². The van der Waals surface area contributed by atoms with E-state index in [1.54, 1.807) is 0 Å². The predicted octanol–water partition coefficient (Wildman–Crippen LogP) is 3.20. The summed E-state index contributed by atoms with van der Waals surface area (Å²) in [6.07, 6.45) is 3.04. The lowest BCUT2D eigenvalue weighted by atomic mass is 9.64. The topological polar surface area (TPSA) is 23.5 Å². The molecular formula is C18H29NO. The third-order valence-corrected chi connectivity index (χ3v) is 4.59. The SMILES string of the molecule is CN(C)CC1C(O)CC(C)(C)CC1Cc1ccccc1. The van der Waals surface area contributed by atoms with Crippen molar-refractivity contribution in [3.05, 3.63) is 35.9 Å². The second-order valence-corrected chi connectivity index (χ2v) is 7.52. The summed E-state index contributed by atoms with van der Waals surface area (Å²) >= 11 is 0. The smallest absolute Gasteiger partial charge is 0.0588 e. The lowest BCUT2D eigenvalue weighted by Gasteiger charge is -2.45. The molecule has 3 atom stereocenters. The molecule has 1 saturated carbocycles. The lowest BCUT2D eigenvalue weighted by molar-refractivity contribution is -0.0312. The van der Waals surface area contributed by atoms with E-state index in [0.29, 0.717) is 11.8 Å². The molecule has 0 amide bonds. The van der Waals surface area contributed by atoms with Gasteiger partial charge in [-0.1, -0.05) is 44.2 Å². The standard InChI is InChI=1S/C18H29NO/c1-18(2)11-15(10-14-8-6-5-7-9-14)16(13-19(3)4)17(20)12-18/h5-9,15-17,20H,10-13H2,1-4H3. The Morgan fingerprint density at radius 1 is 1.15 bits per heavy atom. The Kier molecular flexibility index (Phi) is 4.87. The molecule has 0 radical (unpaired) electrons. The normalized spacial score (nSPS) is 29.6. The highest BCUT2D eigenvalue weighted by atomic mass is 16.3. The molecule has 1 aliphatic rings. The number of aliphatic hydroxyl groups excluding tert-OH is 1. The summed E-state index contributed by atoms with van der Waals surface area (Å²) in [5, 5.41) is 10.6. The highest BCUT2D eigenvalue weighted by Crippen LogP contribution is 2.43. The zero-order valence-electron chi connectivity index (χ0n) is 13.3. The minimum atomic E-state index is -0.171. The number of rotatable bonds is 4. The van der Waals surface area contributed by atoms with Gasteiger partial charge in [0.15, 0.2) is 0 Å². The van der Waals surface area contributed by atoms with Crippen LogP contribution in [0.3, 0.4) is 0 Å². The van der Waals surface area contributed by atoms with Gasteiger partial charge in [0.1, 0.15) is 0 Å². The molecule has 2 heteroatoms. The predicted molar refractivity (Wildman–Crippen MR) is 84.7 cm³/mol. The zero-order valence-corrected chi connectivity index (χ0v) is 13.3. The van der Waals surface area contributed by atoms with Gasteiger partial charge in [-0.2, -0.15) is 0 Å². The van der Waals surface area contributed by atoms with Crippen molar-refractivity contribution in [1.29, 1.82) is 0 Å². The summed E-state index contributed by atoms with van der Waals surface area (Å²) in [6.45, 7) is 5.56. The summed E-state index contributed by atoms with van der Waals surface area (Å²) in [4.78, 5) is 2.21. The first kappa shape index (κ1) is 15.5. The van der Waals surface area contributed by atoms with E-state index in [0.717, 1.165) is 19.4 Å². The van der Waals surface area contributed by atoms with E-state index in [1.165, 1.54) is 12.0 Å². The van der Waals surface area contributed by atoms with Crippen molar-refractivity contribution in [2.75, 3.05) is 20.6 Å². The number of benzene rings is 1. The van der Waals surface area contributed by atoms with Gasteiger partial charge in [-0.15, -0.1) is 0 Å². The van der Waals surface area contributed by atoms with Crippen LogP contribution in [0.2, 0.25) is 0 Å². The fourth-order valence-corrected chi connectivity index (χ4v) is 3.81. The molecule has 1 fully saturated rings. The second-order valence-electron chi connectivity index (χ2n) is 7.52. The molecule has 1 aliphatic carbocycles. The van der Waals surface area contributed by atoms with E-state index in [9.17, 15) is 5.11 Å². The maximum Gasteiger partial charge on any atom is 0.0588 e. The van der Waals surface area contributed by atoms with Gasteiger partial charge in [-0.05, 0) is 50.3 Å². The third-order valence-electron chi connectivity index (χ3n) is 4.59. The van der Waals surface area contributed by atoms with Crippen molar-refractivity contribution in [1.82, 2.24) is 4.90 Å². The second kappa shape index (κ2) is 6.28. The largest absolute Gasteiger partial charge is 0.393 e. The Bertz CT molecular complexity index is 413. The Balaban J connectivity index is 2.15. The van der Waals surface area contributed by atoms with E-state index >= 15 is 0 Å². The van der Waals surface area contributed by atoms with Crippen molar-refractivity contribution in [3.63, 3.8) is 0 Å². The van der Waals surface area contributed by atoms with E-state index in [2.05, 4.69) is 63.2 Å². The molecular weight excluding hydrogens is 246 g/mol. The highest BCUT2D eigenvalue weighted by molar-refractivity contribution is 5.16. The average molecular weight is 275 g/mol. The number of aliphatic hydroxyl groups is 1. The third kappa shape index (κ3) is 4.07. The van der Waals surface area contributed by atoms with E-state index in [-0.39, 0.29) is 11.5 Å². The number of nitrogens with zero attached hydrogens (tertiary/aromatic N) is 1. The lowest BCUT2D eigenvalue weighted by Crippen LogP contribution is -2.45. The molecule has 1 N–H and O–H groups in total. The van der Waals surface area contributed by atoms with E-state index in [1.807, 2.05) is 0 Å². The molecule has 0 aromatic heterocycles. The molecule has 0 spiro atoms. The van der Waals surface area contributed by atoms with Crippen LogP contribution >= 0.6 is 0 Å². The monoisotopic (exact) mass is 275 g/mol. The van der Waals surface area contributed by atoms with E-state index < -0.39 is 0 Å². The molecule has 0 aliphatic heterocycles. The molecule has 1 aromatic rings. The molecule has 20 heavy (non-hydrogen) atoms. The highest BCUT2D eigenvalue weighted by Gasteiger charge is 2.40. The molecule has 2 nitrogen and oxygen atoms in total. The van der Waals surface area contributed by atoms with Gasteiger partial charge in [0.05, 0.1) is 6.10 Å². The van der Waals surface area contributed by atoms with Crippen molar-refractivity contribution in [2.45, 2.75) is 39.2 Å². The molecule has 0 bridgehead atoms. The first-order chi connectivity index (χ1) is 9.37. The Labute approximate surface area is 123 Å². The molecule has 2 rings (SSSR count). The van der Waals surface area contributed by atoms with Crippen molar-refractivity contribution >= 4 is 0 Å². The maximum absolute atomic E-state index is 10.6. The van der Waals surface area contributed by atoms with Gasteiger partial charge in [-0.25, -0.2) is 0 Å². The molecule has 0 saturated heterocycles. The first-order valence-corrected chi connectivity index (χ1v) is 7.74. The van der Waals surface area contributed by atoms with Gasteiger partial charge in [-0.3, -0.25) is 0 Å². The van der Waals surface area contributed by atoms with Crippen LogP contribution < -0.4 is 0 Å². The minimum Gasteiger partial charge on any atom is -0.393 e. The summed E-state index contributed by atoms with van der Waals surface area (Å²) in [7, 11) is 4.21. The van der Waals surface area contributed by atoms with Crippen molar-refractivity contribution in [3.8, 4) is 0 Å². The van der Waals surface area contributed by atoms with Crippen molar-refractivity contribution < 1.29 is 5.11 Å². The van der Waals surface area contributed by atoms with Crippen LogP contribution in [0.5, 0.6) is 0 Å². The van der Waals surface area contributed by atoms with Gasteiger partial charge in [0.2, 0.25) is 0 Å². The van der Waals surface area contributed by atoms with Gasteiger partial charge >= 0.3 is 0 Å². The maximum atomic E-state index is 10.6. The van der Waals surface area contributed by atoms with Gasteiger partial charge in [0.25, 0.3) is 0 Å². The molecule has 1 aromatic carbocycles. The summed E-state index contributed by atoms with van der Waals surface area (Å²) < 4.78 is 0. The zero-order chi connectivity index (χ0) is 14.8. The summed E-state index contributed by atoms with van der Waals surface area (Å²) in [6, 6.07) is 10.7. The van der Waals surface area contributed by atoms with Crippen LogP contribution in [0.25, 0.3) is 0 Å². The molecule has 0 heterocycles. The van der Waals surface area contributed by atoms with Crippen LogP contribution in [0, 0.1) is 17.3 Å². The summed E-state index contributed by atoms with van der Waals surface area (Å²) in [5.41, 5.74) is 1.65.